The van der Waals surface area contributed by atoms with E-state index in [4.69, 9.17) is 17.3 Å². The van der Waals surface area contributed by atoms with E-state index < -0.39 is 5.82 Å². The minimum absolute atomic E-state index is 0.116. The molecule has 5 nitrogen and oxygen atoms in total. The highest BCUT2D eigenvalue weighted by Gasteiger charge is 2.15. The molecule has 0 unspecified atom stereocenters. The smallest absolute Gasteiger partial charge is 0.210 e. The van der Waals surface area contributed by atoms with Crippen molar-refractivity contribution in [1.29, 1.82) is 0 Å². The summed E-state index contributed by atoms with van der Waals surface area (Å²) in [6.07, 6.45) is 4.45. The van der Waals surface area contributed by atoms with Crippen molar-refractivity contribution in [2.45, 2.75) is 13.1 Å². The summed E-state index contributed by atoms with van der Waals surface area (Å²) in [5, 5.41) is 3.12. The number of carbonyl (C=O) groups is 1. The van der Waals surface area contributed by atoms with Gasteiger partial charge in [0.2, 0.25) is 6.41 Å². The maximum absolute atomic E-state index is 13.1. The van der Waals surface area contributed by atoms with Gasteiger partial charge in [-0.3, -0.25) is 9.78 Å². The van der Waals surface area contributed by atoms with Crippen LogP contribution in [0.25, 0.3) is 11.1 Å². The molecule has 0 aliphatic carbocycles. The molecule has 1 aliphatic heterocycles. The Hall–Kier alpha value is -3.12. The van der Waals surface area contributed by atoms with Crippen molar-refractivity contribution in [1.82, 2.24) is 9.88 Å². The van der Waals surface area contributed by atoms with Crippen LogP contribution in [0.2, 0.25) is 5.02 Å². The van der Waals surface area contributed by atoms with E-state index in [9.17, 15) is 9.18 Å². The standard InChI is InChI=1S/C13H12ClFN2.C8H8N2O/c1-17-13-7-9(3-5-12(13)16)8-2-4-11(15)10(14)6-8;11-6-10-4-7-1-2-9-3-8(7)5-10/h2-7,17H,16H2,1H3;1-3,6H,4-5H2. The van der Waals surface area contributed by atoms with Crippen LogP contribution in [0.5, 0.6) is 0 Å². The first kappa shape index (κ1) is 19.6. The van der Waals surface area contributed by atoms with Gasteiger partial charge in [-0.05, 0) is 52.6 Å². The molecule has 0 atom stereocenters. The molecule has 0 radical (unpaired) electrons. The largest absolute Gasteiger partial charge is 0.397 e. The van der Waals surface area contributed by atoms with Crippen LogP contribution in [0.15, 0.2) is 54.9 Å². The van der Waals surface area contributed by atoms with Crippen LogP contribution in [0.3, 0.4) is 0 Å². The number of nitrogen functional groups attached to an aromatic ring is 1. The normalized spacial score (nSPS) is 12.0. The van der Waals surface area contributed by atoms with Gasteiger partial charge in [-0.15, -0.1) is 0 Å². The SMILES string of the molecule is CNc1cc(-c2ccc(F)c(Cl)c2)ccc1N.O=CN1Cc2ccncc2C1. The van der Waals surface area contributed by atoms with E-state index in [1.165, 1.54) is 17.2 Å². The van der Waals surface area contributed by atoms with E-state index in [0.717, 1.165) is 29.8 Å². The van der Waals surface area contributed by atoms with Crippen LogP contribution in [-0.4, -0.2) is 23.3 Å². The van der Waals surface area contributed by atoms with Gasteiger partial charge in [0.25, 0.3) is 0 Å². The molecule has 2 heterocycles. The van der Waals surface area contributed by atoms with Gasteiger partial charge in [0.1, 0.15) is 5.82 Å². The summed E-state index contributed by atoms with van der Waals surface area (Å²) in [6.45, 7) is 1.45. The number of nitrogens with two attached hydrogens (primary N) is 1. The van der Waals surface area contributed by atoms with Gasteiger partial charge >= 0.3 is 0 Å². The molecule has 0 spiro atoms. The third kappa shape index (κ3) is 4.40. The summed E-state index contributed by atoms with van der Waals surface area (Å²) in [4.78, 5) is 16.1. The Kier molecular flexibility index (Phi) is 6.11. The summed E-state index contributed by atoms with van der Waals surface area (Å²) in [5.74, 6) is -0.417. The van der Waals surface area contributed by atoms with E-state index in [1.807, 2.05) is 24.4 Å². The molecule has 1 aromatic heterocycles. The van der Waals surface area contributed by atoms with E-state index in [1.54, 1.807) is 36.3 Å². The molecule has 28 heavy (non-hydrogen) atoms. The Morgan fingerprint density at radius 2 is 1.86 bits per heavy atom. The molecular formula is C21H20ClFN4O. The van der Waals surface area contributed by atoms with Crippen LogP contribution in [0, 0.1) is 5.82 Å². The van der Waals surface area contributed by atoms with Crippen LogP contribution < -0.4 is 11.1 Å². The molecule has 0 saturated carbocycles. The van der Waals surface area contributed by atoms with E-state index in [2.05, 4.69) is 10.3 Å². The van der Waals surface area contributed by atoms with Gasteiger partial charge in [-0.2, -0.15) is 0 Å². The molecule has 144 valence electrons. The number of nitrogens with one attached hydrogen (secondary N) is 1. The molecular weight excluding hydrogens is 379 g/mol. The quantitative estimate of drug-likeness (QED) is 0.509. The summed E-state index contributed by atoms with van der Waals surface area (Å²) in [6, 6.07) is 12.2. The predicted octanol–water partition coefficient (Wildman–Crippen LogP) is 4.32. The first-order valence-electron chi connectivity index (χ1n) is 8.65. The number of pyridine rings is 1. The Balaban J connectivity index is 0.000000176. The van der Waals surface area contributed by atoms with Crippen molar-refractivity contribution in [2.75, 3.05) is 18.1 Å². The van der Waals surface area contributed by atoms with Crippen molar-refractivity contribution in [3.05, 3.63) is 76.8 Å². The highest BCUT2D eigenvalue weighted by Crippen LogP contribution is 2.29. The number of carbonyl (C=O) groups excluding carboxylic acids is 1. The van der Waals surface area contributed by atoms with Crippen molar-refractivity contribution < 1.29 is 9.18 Å². The van der Waals surface area contributed by atoms with Crippen molar-refractivity contribution >= 4 is 29.4 Å². The highest BCUT2D eigenvalue weighted by molar-refractivity contribution is 6.31. The average Bonchev–Trinajstić information content (AvgIpc) is 3.14. The number of hydrogen-bond acceptors (Lipinski definition) is 4. The van der Waals surface area contributed by atoms with Gasteiger partial charge in [0.15, 0.2) is 0 Å². The fourth-order valence-electron chi connectivity index (χ4n) is 2.95. The van der Waals surface area contributed by atoms with Gasteiger partial charge in [-0.25, -0.2) is 4.39 Å². The van der Waals surface area contributed by atoms with E-state index in [-0.39, 0.29) is 5.02 Å². The Labute approximate surface area is 168 Å². The molecule has 1 amide bonds. The second kappa shape index (κ2) is 8.71. The molecule has 3 N–H and O–H groups in total. The highest BCUT2D eigenvalue weighted by atomic mass is 35.5. The maximum Gasteiger partial charge on any atom is 0.210 e. The van der Waals surface area contributed by atoms with Gasteiger partial charge < -0.3 is 16.0 Å². The number of anilines is 2. The van der Waals surface area contributed by atoms with Crippen molar-refractivity contribution in [3.63, 3.8) is 0 Å². The van der Waals surface area contributed by atoms with Crippen LogP contribution >= 0.6 is 11.6 Å². The Bertz CT molecular complexity index is 971. The molecule has 4 rings (SSSR count). The van der Waals surface area contributed by atoms with Gasteiger partial charge in [0.05, 0.1) is 16.4 Å². The number of halogens is 2. The van der Waals surface area contributed by atoms with Crippen LogP contribution in [-0.2, 0) is 17.9 Å². The maximum atomic E-state index is 13.1. The molecule has 0 bridgehead atoms. The second-order valence-electron chi connectivity index (χ2n) is 6.34. The van der Waals surface area contributed by atoms with Crippen LogP contribution in [0.4, 0.5) is 15.8 Å². The lowest BCUT2D eigenvalue weighted by Gasteiger charge is -2.08. The molecule has 3 aromatic rings. The molecule has 0 saturated heterocycles. The average molecular weight is 399 g/mol. The zero-order valence-electron chi connectivity index (χ0n) is 15.3. The van der Waals surface area contributed by atoms with Crippen LogP contribution in [0.1, 0.15) is 11.1 Å². The summed E-state index contributed by atoms with van der Waals surface area (Å²) in [5.41, 5.74) is 11.5. The lowest BCUT2D eigenvalue weighted by Crippen LogP contribution is -2.12. The first-order chi connectivity index (χ1) is 13.5. The number of nitrogens with zero attached hydrogens (tertiary/aromatic N) is 2. The monoisotopic (exact) mass is 398 g/mol. The molecule has 0 fully saturated rings. The number of rotatable bonds is 3. The predicted molar refractivity (Wildman–Crippen MR) is 110 cm³/mol. The number of hydrogen-bond donors (Lipinski definition) is 2. The number of benzene rings is 2. The minimum atomic E-state index is -0.417. The fourth-order valence-corrected chi connectivity index (χ4v) is 3.13. The number of amides is 1. The van der Waals surface area contributed by atoms with E-state index >= 15 is 0 Å². The third-order valence-electron chi connectivity index (χ3n) is 4.48. The molecule has 2 aromatic carbocycles. The third-order valence-corrected chi connectivity index (χ3v) is 4.77. The van der Waals surface area contributed by atoms with Crippen molar-refractivity contribution in [3.8, 4) is 11.1 Å². The number of fused-ring (bicyclic) bond motifs is 1. The zero-order chi connectivity index (χ0) is 20.1. The van der Waals surface area contributed by atoms with Crippen molar-refractivity contribution in [2.24, 2.45) is 0 Å². The minimum Gasteiger partial charge on any atom is -0.397 e. The number of aromatic nitrogens is 1. The first-order valence-corrected chi connectivity index (χ1v) is 9.03. The lowest BCUT2D eigenvalue weighted by atomic mass is 10.0. The summed E-state index contributed by atoms with van der Waals surface area (Å²) in [7, 11) is 1.80. The Morgan fingerprint density at radius 1 is 1.14 bits per heavy atom. The second-order valence-corrected chi connectivity index (χ2v) is 6.74. The molecule has 7 heteroatoms. The summed E-state index contributed by atoms with van der Waals surface area (Å²) < 4.78 is 13.1. The molecule has 1 aliphatic rings. The fraction of sp³-hybridized carbons (Fsp3) is 0.143. The van der Waals surface area contributed by atoms with Gasteiger partial charge in [-0.1, -0.05) is 23.7 Å². The Morgan fingerprint density at radius 3 is 2.54 bits per heavy atom. The zero-order valence-corrected chi connectivity index (χ0v) is 16.1. The van der Waals surface area contributed by atoms with E-state index in [0.29, 0.717) is 12.2 Å². The summed E-state index contributed by atoms with van der Waals surface area (Å²) >= 11 is 5.75. The topological polar surface area (TPSA) is 71.2 Å². The lowest BCUT2D eigenvalue weighted by molar-refractivity contribution is -0.118. The van der Waals surface area contributed by atoms with Gasteiger partial charge in [0, 0.05) is 32.5 Å².